The van der Waals surface area contributed by atoms with E-state index in [0.717, 1.165) is 11.3 Å². The largest absolute Gasteiger partial charge is 0.465 e. The van der Waals surface area contributed by atoms with Gasteiger partial charge in [-0.1, -0.05) is 0 Å². The lowest BCUT2D eigenvalue weighted by atomic mass is 10.4. The highest BCUT2D eigenvalue weighted by atomic mass is 32.1. The van der Waals surface area contributed by atoms with Crippen LogP contribution in [-0.2, 0) is 14.3 Å². The third-order valence-corrected chi connectivity index (χ3v) is 3.09. The second kappa shape index (κ2) is 6.71. The summed E-state index contributed by atoms with van der Waals surface area (Å²) in [5.41, 5.74) is 0. The average molecular weight is 311 g/mol. The number of alkyl halides is 3. The van der Waals surface area contributed by atoms with Gasteiger partial charge in [-0.3, -0.25) is 4.79 Å². The highest BCUT2D eigenvalue weighted by Crippen LogP contribution is 2.23. The van der Waals surface area contributed by atoms with Gasteiger partial charge in [0.2, 0.25) is 0 Å². The summed E-state index contributed by atoms with van der Waals surface area (Å²) in [6.45, 7) is -0.296. The molecule has 0 fully saturated rings. The molecule has 0 radical (unpaired) electrons. The number of amides is 1. The Bertz CT molecular complexity index is 486. The molecule has 1 rings (SSSR count). The quantitative estimate of drug-likeness (QED) is 0.848. The van der Waals surface area contributed by atoms with Crippen LogP contribution in [0.15, 0.2) is 12.1 Å². The lowest BCUT2D eigenvalue weighted by molar-refractivity contribution is -0.184. The smallest absolute Gasteiger partial charge is 0.411 e. The van der Waals surface area contributed by atoms with Crippen LogP contribution in [0.3, 0.4) is 0 Å². The van der Waals surface area contributed by atoms with E-state index in [4.69, 9.17) is 0 Å². The van der Waals surface area contributed by atoms with Crippen LogP contribution in [0.5, 0.6) is 0 Å². The van der Waals surface area contributed by atoms with Crippen molar-refractivity contribution in [3.63, 3.8) is 0 Å². The van der Waals surface area contributed by atoms with Gasteiger partial charge in [0.1, 0.15) is 17.6 Å². The van der Waals surface area contributed by atoms with Crippen molar-refractivity contribution in [1.29, 1.82) is 0 Å². The molecule has 0 aliphatic heterocycles. The van der Waals surface area contributed by atoms with Crippen LogP contribution >= 0.6 is 11.3 Å². The number of ether oxygens (including phenoxy) is 2. The molecule has 0 aliphatic carbocycles. The van der Waals surface area contributed by atoms with Gasteiger partial charge in [0.15, 0.2) is 0 Å². The molecule has 0 spiro atoms. The standard InChI is InChI=1S/C11H12F3NO4S/c1-6(19-5-11(12,13)14)9(16)15-8-4-3-7(20-8)10(17)18-2/h3-4,6H,5H2,1-2H3,(H,15,16)/t6-/m0/s1. The Morgan fingerprint density at radius 2 is 2.05 bits per heavy atom. The number of carbonyl (C=O) groups excluding carboxylic acids is 2. The van der Waals surface area contributed by atoms with E-state index in [2.05, 4.69) is 14.8 Å². The molecule has 1 aromatic heterocycles. The first-order chi connectivity index (χ1) is 9.23. The van der Waals surface area contributed by atoms with Gasteiger partial charge in [-0.15, -0.1) is 11.3 Å². The van der Waals surface area contributed by atoms with Crippen molar-refractivity contribution in [2.24, 2.45) is 0 Å². The molecule has 9 heteroatoms. The fourth-order valence-electron chi connectivity index (χ4n) is 1.13. The second-order valence-corrected chi connectivity index (χ2v) is 4.80. The summed E-state index contributed by atoms with van der Waals surface area (Å²) in [6, 6.07) is 2.89. The predicted octanol–water partition coefficient (Wildman–Crippen LogP) is 2.44. The summed E-state index contributed by atoms with van der Waals surface area (Å²) >= 11 is 0.951. The number of rotatable bonds is 5. The number of methoxy groups -OCH3 is 1. The van der Waals surface area contributed by atoms with Crippen LogP contribution < -0.4 is 5.32 Å². The van der Waals surface area contributed by atoms with Crippen LogP contribution in [0, 0.1) is 0 Å². The molecule has 1 aromatic rings. The maximum absolute atomic E-state index is 11.9. The minimum atomic E-state index is -4.49. The van der Waals surface area contributed by atoms with E-state index in [0.29, 0.717) is 5.00 Å². The number of nitrogens with one attached hydrogen (secondary N) is 1. The molecule has 0 bridgehead atoms. The van der Waals surface area contributed by atoms with Crippen LogP contribution in [0.4, 0.5) is 18.2 Å². The third kappa shape index (κ3) is 5.17. The normalized spacial score (nSPS) is 12.8. The summed E-state index contributed by atoms with van der Waals surface area (Å²) < 4.78 is 44.7. The average Bonchev–Trinajstić information content (AvgIpc) is 2.82. The van der Waals surface area contributed by atoms with Gasteiger partial charge in [-0.05, 0) is 19.1 Å². The van der Waals surface area contributed by atoms with Crippen LogP contribution in [0.25, 0.3) is 0 Å². The zero-order valence-electron chi connectivity index (χ0n) is 10.6. The molecule has 0 saturated heterocycles. The van der Waals surface area contributed by atoms with E-state index >= 15 is 0 Å². The van der Waals surface area contributed by atoms with Gasteiger partial charge < -0.3 is 14.8 Å². The Kier molecular flexibility index (Phi) is 5.52. The Balaban J connectivity index is 2.53. The van der Waals surface area contributed by atoms with Crippen molar-refractivity contribution in [2.75, 3.05) is 19.0 Å². The predicted molar refractivity (Wildman–Crippen MR) is 65.8 cm³/mol. The van der Waals surface area contributed by atoms with Gasteiger partial charge in [-0.2, -0.15) is 13.2 Å². The number of hydrogen-bond donors (Lipinski definition) is 1. The van der Waals surface area contributed by atoms with Gasteiger partial charge in [0.25, 0.3) is 5.91 Å². The van der Waals surface area contributed by atoms with Gasteiger partial charge in [0.05, 0.1) is 12.1 Å². The zero-order chi connectivity index (χ0) is 15.3. The van der Waals surface area contributed by atoms with Crippen molar-refractivity contribution in [1.82, 2.24) is 0 Å². The number of esters is 1. The molecule has 1 amide bonds. The maximum Gasteiger partial charge on any atom is 0.411 e. The van der Waals surface area contributed by atoms with E-state index in [1.807, 2.05) is 0 Å². The molecule has 20 heavy (non-hydrogen) atoms. The molecule has 1 heterocycles. The SMILES string of the molecule is COC(=O)c1ccc(NC(=O)[C@H](C)OCC(F)(F)F)s1. The first-order valence-electron chi connectivity index (χ1n) is 5.40. The van der Waals surface area contributed by atoms with Crippen molar-refractivity contribution in [3.8, 4) is 0 Å². The molecule has 112 valence electrons. The molecule has 0 saturated carbocycles. The van der Waals surface area contributed by atoms with Crippen molar-refractivity contribution >= 4 is 28.2 Å². The Labute approximate surface area is 116 Å². The lowest BCUT2D eigenvalue weighted by Crippen LogP contribution is -2.31. The molecule has 1 N–H and O–H groups in total. The third-order valence-electron chi connectivity index (χ3n) is 2.11. The molecule has 0 unspecified atom stereocenters. The highest BCUT2D eigenvalue weighted by Gasteiger charge is 2.30. The monoisotopic (exact) mass is 311 g/mol. The van der Waals surface area contributed by atoms with Crippen molar-refractivity contribution in [2.45, 2.75) is 19.2 Å². The Morgan fingerprint density at radius 3 is 2.60 bits per heavy atom. The molecule has 5 nitrogen and oxygen atoms in total. The summed E-state index contributed by atoms with van der Waals surface area (Å²) in [7, 11) is 1.22. The highest BCUT2D eigenvalue weighted by molar-refractivity contribution is 7.18. The van der Waals surface area contributed by atoms with Gasteiger partial charge in [-0.25, -0.2) is 4.79 Å². The zero-order valence-corrected chi connectivity index (χ0v) is 11.4. The molecular formula is C11H12F3NO4S. The van der Waals surface area contributed by atoms with E-state index in [-0.39, 0.29) is 4.88 Å². The maximum atomic E-state index is 11.9. The van der Waals surface area contributed by atoms with Gasteiger partial charge >= 0.3 is 12.1 Å². The van der Waals surface area contributed by atoms with Crippen LogP contribution in [-0.4, -0.2) is 37.9 Å². The number of halogens is 3. The second-order valence-electron chi connectivity index (χ2n) is 3.71. The Morgan fingerprint density at radius 1 is 1.40 bits per heavy atom. The Hall–Kier alpha value is -1.61. The van der Waals surface area contributed by atoms with Crippen molar-refractivity contribution < 1.29 is 32.2 Å². The minimum Gasteiger partial charge on any atom is -0.465 e. The minimum absolute atomic E-state index is 0.270. The van der Waals surface area contributed by atoms with Gasteiger partial charge in [0, 0.05) is 0 Å². The summed E-state index contributed by atoms with van der Waals surface area (Å²) in [4.78, 5) is 23.0. The summed E-state index contributed by atoms with van der Waals surface area (Å²) in [6.07, 6.45) is -5.75. The van der Waals surface area contributed by atoms with Crippen LogP contribution in [0.1, 0.15) is 16.6 Å². The summed E-state index contributed by atoms with van der Waals surface area (Å²) in [5, 5.41) is 2.67. The summed E-state index contributed by atoms with van der Waals surface area (Å²) in [5.74, 6) is -1.29. The molecule has 0 aliphatic rings. The van der Waals surface area contributed by atoms with Crippen LogP contribution in [0.2, 0.25) is 0 Å². The number of thiophene rings is 1. The first-order valence-corrected chi connectivity index (χ1v) is 6.22. The number of hydrogen-bond acceptors (Lipinski definition) is 5. The van der Waals surface area contributed by atoms with E-state index in [9.17, 15) is 22.8 Å². The molecule has 0 aromatic carbocycles. The van der Waals surface area contributed by atoms with E-state index < -0.39 is 30.8 Å². The molecular weight excluding hydrogens is 299 g/mol. The number of anilines is 1. The topological polar surface area (TPSA) is 64.6 Å². The molecule has 1 atom stereocenters. The first kappa shape index (κ1) is 16.4. The van der Waals surface area contributed by atoms with E-state index in [1.165, 1.54) is 26.2 Å². The number of carbonyl (C=O) groups is 2. The van der Waals surface area contributed by atoms with E-state index in [1.54, 1.807) is 0 Å². The fraction of sp³-hybridized carbons (Fsp3) is 0.455. The fourth-order valence-corrected chi connectivity index (χ4v) is 1.96. The lowest BCUT2D eigenvalue weighted by Gasteiger charge is -2.13. The van der Waals surface area contributed by atoms with Crippen molar-refractivity contribution in [3.05, 3.63) is 17.0 Å².